The molecule has 0 unspecified atom stereocenters. The normalized spacial score (nSPS) is 9.93. The Balaban J connectivity index is 2.96. The number of para-hydroxylation sites is 1. The summed E-state index contributed by atoms with van der Waals surface area (Å²) in [6.45, 7) is 0. The quantitative estimate of drug-likeness (QED) is 0.318. The molecule has 0 N–H and O–H groups in total. The Morgan fingerprint density at radius 3 is 2.87 bits per heavy atom. The molecule has 1 aromatic carbocycles. The van der Waals surface area contributed by atoms with Crippen molar-refractivity contribution in [2.75, 3.05) is 0 Å². The van der Waals surface area contributed by atoms with Gasteiger partial charge in [-0.2, -0.15) is 0 Å². The molecule has 5 heteroatoms. The van der Waals surface area contributed by atoms with Gasteiger partial charge in [-0.25, -0.2) is 0 Å². The maximum atomic E-state index is 10.9. The number of carbonyl (C=O) groups is 1. The third-order valence-electron chi connectivity index (χ3n) is 2.37. The summed E-state index contributed by atoms with van der Waals surface area (Å²) < 4.78 is 1.71. The molecule has 2 aromatic rings. The first-order valence-electron chi connectivity index (χ1n) is 4.37. The molecule has 0 aliphatic heterocycles. The summed E-state index contributed by atoms with van der Waals surface area (Å²) >= 11 is 0. The van der Waals surface area contributed by atoms with Crippen molar-refractivity contribution in [1.82, 2.24) is 4.57 Å². The lowest BCUT2D eigenvalue weighted by Crippen LogP contribution is -1.85. The molecule has 15 heavy (non-hydrogen) atoms. The fourth-order valence-corrected chi connectivity index (χ4v) is 1.69. The average Bonchev–Trinajstić information content (AvgIpc) is 2.54. The number of aryl methyl sites for hydroxylation is 1. The molecule has 0 bridgehead atoms. The highest BCUT2D eigenvalue weighted by molar-refractivity contribution is 6.03. The molecule has 0 fully saturated rings. The molecule has 2 rings (SSSR count). The van der Waals surface area contributed by atoms with Gasteiger partial charge < -0.3 is 4.57 Å². The highest BCUT2D eigenvalue weighted by Crippen LogP contribution is 2.29. The topological polar surface area (TPSA) is 70.8 Å². The Bertz CT molecular complexity index is 578. The van der Waals surface area contributed by atoms with Crippen LogP contribution in [0, 0.1) is 0 Å². The van der Waals surface area contributed by atoms with Gasteiger partial charge in [-0.15, -0.1) is 0 Å². The fraction of sp³-hybridized carbons (Fsp3) is 0.100. The molecule has 1 aromatic heterocycles. The minimum absolute atomic E-state index is 0.355. The van der Waals surface area contributed by atoms with Crippen molar-refractivity contribution in [2.24, 2.45) is 12.2 Å². The third kappa shape index (κ3) is 1.26. The summed E-state index contributed by atoms with van der Waals surface area (Å²) in [5.74, 6) is 0.355. The van der Waals surface area contributed by atoms with Gasteiger partial charge in [0.2, 0.25) is 0 Å². The van der Waals surface area contributed by atoms with E-state index < -0.39 is 0 Å². The fourth-order valence-electron chi connectivity index (χ4n) is 1.69. The lowest BCUT2D eigenvalue weighted by atomic mass is 10.2. The Kier molecular flexibility index (Phi) is 2.15. The minimum atomic E-state index is 0.355. The SMILES string of the molecule is Cn1c(N=[N+]=[N-])c(C=O)c2ccccc21. The molecule has 5 nitrogen and oxygen atoms in total. The van der Waals surface area contributed by atoms with Crippen LogP contribution < -0.4 is 0 Å². The van der Waals surface area contributed by atoms with E-state index in [2.05, 4.69) is 10.0 Å². The predicted octanol–water partition coefficient (Wildman–Crippen LogP) is 2.93. The molecule has 0 atom stereocenters. The van der Waals surface area contributed by atoms with Crippen molar-refractivity contribution in [2.45, 2.75) is 0 Å². The lowest BCUT2D eigenvalue weighted by Gasteiger charge is -1.96. The predicted molar refractivity (Wildman–Crippen MR) is 57.1 cm³/mol. The number of azide groups is 1. The Labute approximate surface area is 85.6 Å². The van der Waals surface area contributed by atoms with Crippen LogP contribution in [0.3, 0.4) is 0 Å². The zero-order valence-electron chi connectivity index (χ0n) is 8.08. The second kappa shape index (κ2) is 3.48. The van der Waals surface area contributed by atoms with Crippen LogP contribution >= 0.6 is 0 Å². The van der Waals surface area contributed by atoms with E-state index in [1.165, 1.54) is 0 Å². The van der Waals surface area contributed by atoms with Crippen LogP contribution in [0.25, 0.3) is 21.3 Å². The van der Waals surface area contributed by atoms with E-state index in [0.717, 1.165) is 10.9 Å². The second-order valence-corrected chi connectivity index (χ2v) is 3.12. The summed E-state index contributed by atoms with van der Waals surface area (Å²) in [5.41, 5.74) is 9.73. The third-order valence-corrected chi connectivity index (χ3v) is 2.37. The lowest BCUT2D eigenvalue weighted by molar-refractivity contribution is 0.112. The number of aldehydes is 1. The van der Waals surface area contributed by atoms with Gasteiger partial charge >= 0.3 is 0 Å². The van der Waals surface area contributed by atoms with Crippen molar-refractivity contribution in [3.8, 4) is 0 Å². The van der Waals surface area contributed by atoms with E-state index in [1.807, 2.05) is 24.3 Å². The van der Waals surface area contributed by atoms with Crippen molar-refractivity contribution in [3.05, 3.63) is 40.3 Å². The van der Waals surface area contributed by atoms with Crippen LogP contribution in [-0.4, -0.2) is 10.9 Å². The summed E-state index contributed by atoms with van der Waals surface area (Å²) in [4.78, 5) is 13.6. The zero-order valence-corrected chi connectivity index (χ0v) is 8.08. The van der Waals surface area contributed by atoms with Crippen LogP contribution in [-0.2, 0) is 7.05 Å². The van der Waals surface area contributed by atoms with Crippen LogP contribution in [0.2, 0.25) is 0 Å². The maximum absolute atomic E-state index is 10.9. The first-order valence-corrected chi connectivity index (χ1v) is 4.37. The van der Waals surface area contributed by atoms with Crippen molar-refractivity contribution < 1.29 is 4.79 Å². The van der Waals surface area contributed by atoms with Crippen molar-refractivity contribution in [3.63, 3.8) is 0 Å². The van der Waals surface area contributed by atoms with Gasteiger partial charge in [0.15, 0.2) is 6.29 Å². The minimum Gasteiger partial charge on any atom is -0.342 e. The number of nitrogens with zero attached hydrogens (tertiary/aromatic N) is 4. The second-order valence-electron chi connectivity index (χ2n) is 3.12. The highest BCUT2D eigenvalue weighted by atomic mass is 16.1. The van der Waals surface area contributed by atoms with Gasteiger partial charge in [0.25, 0.3) is 0 Å². The van der Waals surface area contributed by atoms with Gasteiger partial charge in [-0.3, -0.25) is 4.79 Å². The molecule has 1 heterocycles. The first kappa shape index (κ1) is 9.30. The molecule has 0 aliphatic rings. The summed E-state index contributed by atoms with van der Waals surface area (Å²) in [6.07, 6.45) is 0.715. The number of aromatic nitrogens is 1. The summed E-state index contributed by atoms with van der Waals surface area (Å²) in [6, 6.07) is 7.42. The van der Waals surface area contributed by atoms with E-state index in [-0.39, 0.29) is 0 Å². The van der Waals surface area contributed by atoms with E-state index in [0.29, 0.717) is 17.7 Å². The molecule has 0 radical (unpaired) electrons. The smallest absolute Gasteiger partial charge is 0.152 e. The summed E-state index contributed by atoms with van der Waals surface area (Å²) in [5, 5.41) is 4.33. The monoisotopic (exact) mass is 200 g/mol. The van der Waals surface area contributed by atoms with Gasteiger partial charge in [0, 0.05) is 28.4 Å². The molecule has 0 spiro atoms. The molecular weight excluding hydrogens is 192 g/mol. The van der Waals surface area contributed by atoms with E-state index in [9.17, 15) is 4.79 Å². The van der Waals surface area contributed by atoms with Crippen LogP contribution in [0.1, 0.15) is 10.4 Å². The zero-order chi connectivity index (χ0) is 10.8. The van der Waals surface area contributed by atoms with E-state index >= 15 is 0 Å². The molecular formula is C10H8N4O. The van der Waals surface area contributed by atoms with Gasteiger partial charge in [0.05, 0.1) is 0 Å². The Morgan fingerprint density at radius 1 is 1.47 bits per heavy atom. The highest BCUT2D eigenvalue weighted by Gasteiger charge is 2.11. The Morgan fingerprint density at radius 2 is 2.20 bits per heavy atom. The number of hydrogen-bond acceptors (Lipinski definition) is 2. The standard InChI is InChI=1S/C10H8N4O/c1-14-9-5-3-2-4-7(9)8(6-15)10(14)12-13-11/h2-6H,1H3. The number of rotatable bonds is 2. The number of hydrogen-bond donors (Lipinski definition) is 0. The average molecular weight is 200 g/mol. The van der Waals surface area contributed by atoms with E-state index in [1.54, 1.807) is 11.6 Å². The molecule has 0 saturated carbocycles. The van der Waals surface area contributed by atoms with Crippen LogP contribution in [0.15, 0.2) is 29.4 Å². The number of carbonyl (C=O) groups excluding carboxylic acids is 1. The van der Waals surface area contributed by atoms with Crippen molar-refractivity contribution in [1.29, 1.82) is 0 Å². The van der Waals surface area contributed by atoms with Gasteiger partial charge in [0.1, 0.15) is 5.82 Å². The van der Waals surface area contributed by atoms with E-state index in [4.69, 9.17) is 5.53 Å². The van der Waals surface area contributed by atoms with Crippen molar-refractivity contribution >= 4 is 23.0 Å². The maximum Gasteiger partial charge on any atom is 0.152 e. The largest absolute Gasteiger partial charge is 0.342 e. The van der Waals surface area contributed by atoms with Crippen LogP contribution in [0.4, 0.5) is 5.82 Å². The molecule has 0 amide bonds. The van der Waals surface area contributed by atoms with Crippen LogP contribution in [0.5, 0.6) is 0 Å². The molecule has 0 saturated heterocycles. The number of fused-ring (bicyclic) bond motifs is 1. The molecule has 74 valence electrons. The first-order chi connectivity index (χ1) is 7.29. The van der Waals surface area contributed by atoms with Gasteiger partial charge in [-0.05, 0) is 16.7 Å². The van der Waals surface area contributed by atoms with Gasteiger partial charge in [-0.1, -0.05) is 18.2 Å². The Hall–Kier alpha value is -2.26. The summed E-state index contributed by atoms with van der Waals surface area (Å²) in [7, 11) is 1.76. The number of benzene rings is 1. The molecule has 0 aliphatic carbocycles.